The van der Waals surface area contributed by atoms with Crippen molar-refractivity contribution in [3.63, 3.8) is 0 Å². The highest BCUT2D eigenvalue weighted by Gasteiger charge is 2.31. The lowest BCUT2D eigenvalue weighted by Crippen LogP contribution is -2.16. The van der Waals surface area contributed by atoms with Crippen LogP contribution in [0.1, 0.15) is 12.0 Å². The third kappa shape index (κ3) is 5.51. The molecule has 0 aliphatic carbocycles. The molecule has 0 bridgehead atoms. The summed E-state index contributed by atoms with van der Waals surface area (Å²) in [5, 5.41) is 6.46. The van der Waals surface area contributed by atoms with Gasteiger partial charge in [0.05, 0.1) is 29.8 Å². The van der Waals surface area contributed by atoms with Crippen molar-refractivity contribution in [3.8, 4) is 5.69 Å². The number of carbonyl (C=O) groups excluding carboxylic acids is 2. The number of halogens is 3. The minimum absolute atomic E-state index is 0.00601. The molecule has 1 aromatic carbocycles. The number of esters is 1. The zero-order valence-electron chi connectivity index (χ0n) is 13.7. The van der Waals surface area contributed by atoms with Crippen LogP contribution in [0.4, 0.5) is 18.9 Å². The van der Waals surface area contributed by atoms with E-state index >= 15 is 0 Å². The van der Waals surface area contributed by atoms with E-state index in [4.69, 9.17) is 0 Å². The summed E-state index contributed by atoms with van der Waals surface area (Å²) in [6.07, 6.45) is -1.45. The molecule has 2 rings (SSSR count). The summed E-state index contributed by atoms with van der Waals surface area (Å²) in [6.45, 7) is 0. The molecule has 10 heteroatoms. The number of anilines is 1. The van der Waals surface area contributed by atoms with E-state index in [1.807, 2.05) is 0 Å². The van der Waals surface area contributed by atoms with Crippen molar-refractivity contribution in [2.24, 2.45) is 0 Å². The van der Waals surface area contributed by atoms with Crippen molar-refractivity contribution in [2.75, 3.05) is 23.9 Å². The molecule has 26 heavy (non-hydrogen) atoms. The molecular weight excluding hydrogens is 371 g/mol. The molecule has 6 nitrogen and oxygen atoms in total. The third-order valence-corrected chi connectivity index (χ3v) is 4.20. The van der Waals surface area contributed by atoms with Gasteiger partial charge in [-0.3, -0.25) is 9.59 Å². The Bertz CT molecular complexity index is 764. The van der Waals surface area contributed by atoms with Crippen molar-refractivity contribution >= 4 is 29.3 Å². The second-order valence-corrected chi connectivity index (χ2v) is 6.21. The second kappa shape index (κ2) is 8.75. The van der Waals surface area contributed by atoms with E-state index in [1.54, 1.807) is 12.3 Å². The van der Waals surface area contributed by atoms with E-state index in [9.17, 15) is 22.8 Å². The Kier molecular flexibility index (Phi) is 6.67. The van der Waals surface area contributed by atoms with Gasteiger partial charge >= 0.3 is 12.1 Å². The molecule has 0 unspecified atom stereocenters. The van der Waals surface area contributed by atoms with Gasteiger partial charge in [0, 0.05) is 24.6 Å². The number of carbonyl (C=O) groups is 2. The van der Waals surface area contributed by atoms with E-state index in [-0.39, 0.29) is 17.9 Å². The third-order valence-electron chi connectivity index (χ3n) is 3.27. The lowest BCUT2D eigenvalue weighted by molar-refractivity contribution is -0.138. The molecule has 0 saturated heterocycles. The fraction of sp³-hybridized carbons (Fsp3) is 0.312. The molecule has 0 fully saturated rings. The number of aromatic nitrogens is 2. The smallest absolute Gasteiger partial charge is 0.416 e. The number of nitrogens with zero attached hydrogens (tertiary/aromatic N) is 2. The number of methoxy groups -OCH3 is 1. The first-order valence-corrected chi connectivity index (χ1v) is 8.62. The lowest BCUT2D eigenvalue weighted by atomic mass is 10.1. The molecular formula is C16H16F3N3O3S. The van der Waals surface area contributed by atoms with Gasteiger partial charge in [0.25, 0.3) is 0 Å². The standard InChI is InChI=1S/C16H16F3N3O3S/c1-25-15(24)10-26-8-5-14(23)21-12-9-11(16(17,18)19)3-4-13(12)22-7-2-6-20-22/h2-4,6-7,9H,5,8,10H2,1H3,(H,21,23). The van der Waals surface area contributed by atoms with E-state index in [0.29, 0.717) is 11.4 Å². The highest BCUT2D eigenvalue weighted by Crippen LogP contribution is 2.33. The van der Waals surface area contributed by atoms with Crippen molar-refractivity contribution in [3.05, 3.63) is 42.2 Å². The SMILES string of the molecule is COC(=O)CSCCC(=O)Nc1cc(C(F)(F)F)ccc1-n1cccn1. The molecule has 2 aromatic rings. The van der Waals surface area contributed by atoms with Gasteiger partial charge in [-0.1, -0.05) is 0 Å². The van der Waals surface area contributed by atoms with Gasteiger partial charge in [0.2, 0.25) is 5.91 Å². The van der Waals surface area contributed by atoms with Crippen LogP contribution in [-0.4, -0.2) is 40.3 Å². The van der Waals surface area contributed by atoms with Crippen LogP contribution in [0, 0.1) is 0 Å². The summed E-state index contributed by atoms with van der Waals surface area (Å²) in [5.41, 5.74) is -0.547. The minimum atomic E-state index is -4.53. The van der Waals surface area contributed by atoms with Crippen LogP contribution in [0.3, 0.4) is 0 Å². The molecule has 0 aliphatic rings. The maximum absolute atomic E-state index is 13.0. The van der Waals surface area contributed by atoms with Gasteiger partial charge in [-0.15, -0.1) is 11.8 Å². The number of hydrogen-bond donors (Lipinski definition) is 1. The average molecular weight is 387 g/mol. The molecule has 1 heterocycles. The minimum Gasteiger partial charge on any atom is -0.468 e. The number of alkyl halides is 3. The Morgan fingerprint density at radius 2 is 2.12 bits per heavy atom. The van der Waals surface area contributed by atoms with Crippen molar-refractivity contribution in [1.82, 2.24) is 9.78 Å². The Balaban J connectivity index is 2.10. The first kappa shape index (κ1) is 19.8. The van der Waals surface area contributed by atoms with E-state index in [0.717, 1.165) is 12.1 Å². The number of rotatable bonds is 7. The first-order chi connectivity index (χ1) is 12.3. The highest BCUT2D eigenvalue weighted by atomic mass is 32.2. The van der Waals surface area contributed by atoms with Crippen molar-refractivity contribution < 1.29 is 27.5 Å². The molecule has 1 aromatic heterocycles. The van der Waals surface area contributed by atoms with Crippen LogP contribution in [0.2, 0.25) is 0 Å². The zero-order chi connectivity index (χ0) is 19.2. The lowest BCUT2D eigenvalue weighted by Gasteiger charge is -2.14. The quantitative estimate of drug-likeness (QED) is 0.584. The Hall–Kier alpha value is -2.49. The summed E-state index contributed by atoms with van der Waals surface area (Å²) in [6, 6.07) is 4.67. The Morgan fingerprint density at radius 3 is 2.73 bits per heavy atom. The van der Waals surface area contributed by atoms with E-state index in [1.165, 1.54) is 35.8 Å². The fourth-order valence-electron chi connectivity index (χ4n) is 2.02. The summed E-state index contributed by atoms with van der Waals surface area (Å²) in [5.74, 6) is -0.438. The van der Waals surface area contributed by atoms with Gasteiger partial charge in [0.1, 0.15) is 0 Å². The molecule has 0 saturated carbocycles. The van der Waals surface area contributed by atoms with Gasteiger partial charge in [-0.2, -0.15) is 18.3 Å². The van der Waals surface area contributed by atoms with Crippen LogP contribution in [-0.2, 0) is 20.5 Å². The molecule has 0 spiro atoms. The second-order valence-electron chi connectivity index (χ2n) is 5.11. The number of ether oxygens (including phenoxy) is 1. The van der Waals surface area contributed by atoms with Gasteiger partial charge in [0.15, 0.2) is 0 Å². The van der Waals surface area contributed by atoms with Crippen LogP contribution in [0.25, 0.3) is 5.69 Å². The highest BCUT2D eigenvalue weighted by molar-refractivity contribution is 7.99. The Labute approximate surface area is 151 Å². The summed E-state index contributed by atoms with van der Waals surface area (Å²) in [7, 11) is 1.26. The fourth-order valence-corrected chi connectivity index (χ4v) is 2.77. The van der Waals surface area contributed by atoms with E-state index < -0.39 is 23.6 Å². The van der Waals surface area contributed by atoms with Gasteiger partial charge < -0.3 is 10.1 Å². The summed E-state index contributed by atoms with van der Waals surface area (Å²) < 4.78 is 44.7. The predicted octanol–water partition coefficient (Wildman–Crippen LogP) is 3.13. The number of amides is 1. The largest absolute Gasteiger partial charge is 0.468 e. The van der Waals surface area contributed by atoms with Crippen LogP contribution >= 0.6 is 11.8 Å². The molecule has 0 atom stereocenters. The predicted molar refractivity (Wildman–Crippen MR) is 91.2 cm³/mol. The van der Waals surface area contributed by atoms with Crippen LogP contribution < -0.4 is 5.32 Å². The molecule has 0 aliphatic heterocycles. The monoisotopic (exact) mass is 387 g/mol. The average Bonchev–Trinajstić information content (AvgIpc) is 3.12. The number of hydrogen-bond acceptors (Lipinski definition) is 5. The normalized spacial score (nSPS) is 11.2. The van der Waals surface area contributed by atoms with Crippen molar-refractivity contribution in [1.29, 1.82) is 0 Å². The number of thioether (sulfide) groups is 1. The zero-order valence-corrected chi connectivity index (χ0v) is 14.6. The summed E-state index contributed by atoms with van der Waals surface area (Å²) in [4.78, 5) is 23.1. The Morgan fingerprint density at radius 1 is 1.35 bits per heavy atom. The summed E-state index contributed by atoms with van der Waals surface area (Å²) >= 11 is 1.20. The van der Waals surface area contributed by atoms with Gasteiger partial charge in [-0.05, 0) is 24.3 Å². The number of nitrogens with one attached hydrogen (secondary N) is 1. The maximum Gasteiger partial charge on any atom is 0.416 e. The van der Waals surface area contributed by atoms with Crippen LogP contribution in [0.5, 0.6) is 0 Å². The van der Waals surface area contributed by atoms with Crippen LogP contribution in [0.15, 0.2) is 36.7 Å². The maximum atomic E-state index is 13.0. The topological polar surface area (TPSA) is 73.2 Å². The first-order valence-electron chi connectivity index (χ1n) is 7.47. The molecule has 140 valence electrons. The van der Waals surface area contributed by atoms with Crippen molar-refractivity contribution in [2.45, 2.75) is 12.6 Å². The molecule has 1 N–H and O–H groups in total. The molecule has 1 amide bonds. The van der Waals surface area contributed by atoms with E-state index in [2.05, 4.69) is 15.2 Å². The van der Waals surface area contributed by atoms with Gasteiger partial charge in [-0.25, -0.2) is 4.68 Å². The number of benzene rings is 1. The molecule has 0 radical (unpaired) electrons.